The Kier molecular flexibility index (Phi) is 5.93. The van der Waals surface area contributed by atoms with Crippen molar-refractivity contribution in [3.63, 3.8) is 0 Å². The summed E-state index contributed by atoms with van der Waals surface area (Å²) in [5, 5.41) is 17.4. The van der Waals surface area contributed by atoms with E-state index in [9.17, 15) is 5.26 Å². The maximum atomic E-state index is 9.81. The first-order valence-corrected chi connectivity index (χ1v) is 9.76. The molecule has 0 radical (unpaired) electrons. The van der Waals surface area contributed by atoms with E-state index in [2.05, 4.69) is 37.5 Å². The molecule has 0 saturated carbocycles. The van der Waals surface area contributed by atoms with E-state index in [4.69, 9.17) is 28.6 Å². The van der Waals surface area contributed by atoms with Crippen LogP contribution in [0.5, 0.6) is 5.75 Å². The van der Waals surface area contributed by atoms with Crippen molar-refractivity contribution in [2.45, 2.75) is 33.4 Å². The molecular formula is C22H22ClN3OS. The highest BCUT2D eigenvalue weighted by Crippen LogP contribution is 2.35. The molecule has 0 aromatic heterocycles. The van der Waals surface area contributed by atoms with Crippen molar-refractivity contribution >= 4 is 28.9 Å². The molecule has 0 spiro atoms. The first-order valence-electron chi connectivity index (χ1n) is 8.97. The quantitative estimate of drug-likeness (QED) is 0.672. The largest absolute Gasteiger partial charge is 0.489 e. The maximum absolute atomic E-state index is 9.81. The van der Waals surface area contributed by atoms with Crippen molar-refractivity contribution in [1.29, 1.82) is 5.26 Å². The van der Waals surface area contributed by atoms with Crippen LogP contribution < -0.4 is 15.4 Å². The highest BCUT2D eigenvalue weighted by molar-refractivity contribution is 7.80. The molecule has 144 valence electrons. The summed E-state index contributed by atoms with van der Waals surface area (Å²) in [6, 6.07) is 17.3. The molecule has 1 aliphatic heterocycles. The molecule has 1 heterocycles. The number of rotatable bonds is 4. The standard InChI is InChI=1S/C22H22ClN3OS/c1-22(2,3)20-18(12-24)19(25-21(28)26-20)15-5-4-6-17(11-15)27-13-14-7-9-16(23)10-8-14/h4-11,19H,13H2,1-3H3,(H2,25,26,28)/t19-/m1/s1. The van der Waals surface area contributed by atoms with E-state index in [1.807, 2.05) is 48.5 Å². The monoisotopic (exact) mass is 411 g/mol. The van der Waals surface area contributed by atoms with Gasteiger partial charge in [-0.1, -0.05) is 56.6 Å². The van der Waals surface area contributed by atoms with Crippen molar-refractivity contribution in [1.82, 2.24) is 10.6 Å². The van der Waals surface area contributed by atoms with Crippen LogP contribution in [0.1, 0.15) is 37.9 Å². The van der Waals surface area contributed by atoms with Gasteiger partial charge < -0.3 is 15.4 Å². The van der Waals surface area contributed by atoms with Gasteiger partial charge in [0.2, 0.25) is 0 Å². The summed E-state index contributed by atoms with van der Waals surface area (Å²) in [5.74, 6) is 0.730. The summed E-state index contributed by atoms with van der Waals surface area (Å²) in [6.45, 7) is 6.61. The summed E-state index contributed by atoms with van der Waals surface area (Å²) in [5.41, 5.74) is 3.21. The van der Waals surface area contributed by atoms with Crippen molar-refractivity contribution < 1.29 is 4.74 Å². The van der Waals surface area contributed by atoms with Gasteiger partial charge in [0.25, 0.3) is 0 Å². The van der Waals surface area contributed by atoms with Gasteiger partial charge in [0.05, 0.1) is 17.7 Å². The third-order valence-corrected chi connectivity index (χ3v) is 4.92. The maximum Gasteiger partial charge on any atom is 0.171 e. The van der Waals surface area contributed by atoms with Gasteiger partial charge in [0.1, 0.15) is 12.4 Å². The molecule has 28 heavy (non-hydrogen) atoms. The van der Waals surface area contributed by atoms with E-state index in [0.29, 0.717) is 22.3 Å². The van der Waals surface area contributed by atoms with Crippen LogP contribution in [0.2, 0.25) is 5.02 Å². The fraction of sp³-hybridized carbons (Fsp3) is 0.273. The molecule has 0 unspecified atom stereocenters. The molecule has 3 rings (SSSR count). The second kappa shape index (κ2) is 8.22. The lowest BCUT2D eigenvalue weighted by molar-refractivity contribution is 0.305. The molecule has 0 amide bonds. The zero-order valence-corrected chi connectivity index (χ0v) is 17.6. The average molecular weight is 412 g/mol. The summed E-state index contributed by atoms with van der Waals surface area (Å²) in [7, 11) is 0. The zero-order valence-electron chi connectivity index (χ0n) is 16.0. The number of allylic oxidation sites excluding steroid dienone is 1. The van der Waals surface area contributed by atoms with Crippen molar-refractivity contribution in [2.24, 2.45) is 5.41 Å². The molecule has 0 bridgehead atoms. The normalized spacial score (nSPS) is 16.8. The number of thiocarbonyl (C=S) groups is 1. The molecule has 0 saturated heterocycles. The number of ether oxygens (including phenoxy) is 1. The highest BCUT2D eigenvalue weighted by Gasteiger charge is 2.32. The number of halogens is 1. The number of nitrogens with zero attached hydrogens (tertiary/aromatic N) is 1. The van der Waals surface area contributed by atoms with E-state index in [-0.39, 0.29) is 11.5 Å². The van der Waals surface area contributed by atoms with Crippen LogP contribution in [0.25, 0.3) is 0 Å². The van der Waals surface area contributed by atoms with E-state index >= 15 is 0 Å². The lowest BCUT2D eigenvalue weighted by atomic mass is 9.84. The first kappa shape index (κ1) is 20.2. The van der Waals surface area contributed by atoms with Crippen molar-refractivity contribution in [2.75, 3.05) is 0 Å². The van der Waals surface area contributed by atoms with Crippen LogP contribution in [-0.4, -0.2) is 5.11 Å². The predicted octanol–water partition coefficient (Wildman–Crippen LogP) is 5.26. The molecule has 2 N–H and O–H groups in total. The number of hydrogen-bond donors (Lipinski definition) is 2. The molecule has 2 aromatic rings. The lowest BCUT2D eigenvalue weighted by Crippen LogP contribution is -2.46. The SMILES string of the molecule is CC(C)(C)C1=C(C#N)[C@@H](c2cccc(OCc3ccc(Cl)cc3)c2)NC(=S)N1. The summed E-state index contributed by atoms with van der Waals surface area (Å²) < 4.78 is 5.93. The molecule has 6 heteroatoms. The minimum Gasteiger partial charge on any atom is -0.489 e. The van der Waals surface area contributed by atoms with Gasteiger partial charge in [-0.3, -0.25) is 0 Å². The van der Waals surface area contributed by atoms with Gasteiger partial charge >= 0.3 is 0 Å². The minimum absolute atomic E-state index is 0.224. The van der Waals surface area contributed by atoms with Gasteiger partial charge in [-0.05, 0) is 47.6 Å². The van der Waals surface area contributed by atoms with Crippen LogP contribution in [0, 0.1) is 16.7 Å². The van der Waals surface area contributed by atoms with Crippen LogP contribution in [0.4, 0.5) is 0 Å². The molecule has 1 aliphatic rings. The molecular weight excluding hydrogens is 390 g/mol. The van der Waals surface area contributed by atoms with E-state index in [1.165, 1.54) is 0 Å². The van der Waals surface area contributed by atoms with Gasteiger partial charge in [-0.25, -0.2) is 0 Å². The minimum atomic E-state index is -0.313. The Hall–Kier alpha value is -2.55. The van der Waals surface area contributed by atoms with E-state index < -0.39 is 0 Å². The van der Waals surface area contributed by atoms with E-state index in [1.54, 1.807) is 0 Å². The third-order valence-electron chi connectivity index (χ3n) is 4.45. The van der Waals surface area contributed by atoms with Gasteiger partial charge in [0, 0.05) is 16.1 Å². The topological polar surface area (TPSA) is 57.1 Å². The predicted molar refractivity (Wildman–Crippen MR) is 116 cm³/mol. The number of benzene rings is 2. The van der Waals surface area contributed by atoms with Gasteiger partial charge in [-0.2, -0.15) is 5.26 Å². The summed E-state index contributed by atoms with van der Waals surface area (Å²) >= 11 is 11.3. The average Bonchev–Trinajstić information content (AvgIpc) is 2.66. The van der Waals surface area contributed by atoms with Crippen molar-refractivity contribution in [3.8, 4) is 11.8 Å². The Morgan fingerprint density at radius 3 is 2.54 bits per heavy atom. The van der Waals surface area contributed by atoms with E-state index in [0.717, 1.165) is 22.6 Å². The van der Waals surface area contributed by atoms with Crippen LogP contribution in [0.15, 0.2) is 59.8 Å². The first-order chi connectivity index (χ1) is 13.3. The molecule has 0 aliphatic carbocycles. The number of hydrogen-bond acceptors (Lipinski definition) is 3. The highest BCUT2D eigenvalue weighted by atomic mass is 35.5. The molecule has 4 nitrogen and oxygen atoms in total. The van der Waals surface area contributed by atoms with Crippen LogP contribution in [0.3, 0.4) is 0 Å². The zero-order chi connectivity index (χ0) is 20.3. The Morgan fingerprint density at radius 2 is 1.89 bits per heavy atom. The fourth-order valence-electron chi connectivity index (χ4n) is 3.06. The second-order valence-corrected chi connectivity index (χ2v) is 8.51. The smallest absolute Gasteiger partial charge is 0.171 e. The van der Waals surface area contributed by atoms with Crippen LogP contribution >= 0.6 is 23.8 Å². The lowest BCUT2D eigenvalue weighted by Gasteiger charge is -2.35. The molecule has 0 fully saturated rings. The Morgan fingerprint density at radius 1 is 1.18 bits per heavy atom. The Bertz CT molecular complexity index is 955. The fourth-order valence-corrected chi connectivity index (χ4v) is 3.40. The van der Waals surface area contributed by atoms with Crippen LogP contribution in [-0.2, 0) is 6.61 Å². The van der Waals surface area contributed by atoms with Gasteiger partial charge in [-0.15, -0.1) is 0 Å². The Balaban J connectivity index is 1.87. The van der Waals surface area contributed by atoms with Crippen molar-refractivity contribution in [3.05, 3.63) is 76.0 Å². The molecule has 2 aromatic carbocycles. The summed E-state index contributed by atoms with van der Waals surface area (Å²) in [6.07, 6.45) is 0. The Labute approximate surface area is 176 Å². The number of nitriles is 1. The number of nitrogens with one attached hydrogen (secondary N) is 2. The summed E-state index contributed by atoms with van der Waals surface area (Å²) in [4.78, 5) is 0. The second-order valence-electron chi connectivity index (χ2n) is 7.67. The van der Waals surface area contributed by atoms with Gasteiger partial charge in [0.15, 0.2) is 5.11 Å². The molecule has 1 atom stereocenters. The third kappa shape index (κ3) is 4.64.